The zero-order valence-corrected chi connectivity index (χ0v) is 14.5. The predicted octanol–water partition coefficient (Wildman–Crippen LogP) is 2.73. The van der Waals surface area contributed by atoms with Gasteiger partial charge in [0.1, 0.15) is 12.1 Å². The van der Waals surface area contributed by atoms with Crippen molar-refractivity contribution in [1.29, 1.82) is 0 Å². The minimum absolute atomic E-state index is 0.170. The number of anilines is 1. The number of piperidine rings is 1. The van der Waals surface area contributed by atoms with Gasteiger partial charge < -0.3 is 4.90 Å². The van der Waals surface area contributed by atoms with E-state index in [2.05, 4.69) is 25.8 Å². The minimum Gasteiger partial charge on any atom is -0.353 e. The first-order chi connectivity index (χ1) is 12.7. The van der Waals surface area contributed by atoms with E-state index in [0.29, 0.717) is 18.0 Å². The Morgan fingerprint density at radius 2 is 1.96 bits per heavy atom. The zero-order valence-electron chi connectivity index (χ0n) is 14.5. The highest BCUT2D eigenvalue weighted by molar-refractivity contribution is 5.43. The summed E-state index contributed by atoms with van der Waals surface area (Å²) in [6.07, 6.45) is 5.40. The molecule has 1 aromatic carbocycles. The summed E-state index contributed by atoms with van der Waals surface area (Å²) in [6, 6.07) is 10.1. The Hall–Kier alpha value is -2.54. The largest absolute Gasteiger partial charge is 0.353 e. The molecule has 2 aromatic rings. The highest BCUT2D eigenvalue weighted by Crippen LogP contribution is 2.40. The van der Waals surface area contributed by atoms with E-state index in [-0.39, 0.29) is 10.6 Å². The number of hydrogen-bond donors (Lipinski definition) is 0. The van der Waals surface area contributed by atoms with Gasteiger partial charge in [0.05, 0.1) is 4.92 Å². The van der Waals surface area contributed by atoms with E-state index in [1.807, 2.05) is 6.07 Å². The number of non-ortho nitro benzene ring substituents is 1. The molecule has 4 fully saturated rings. The van der Waals surface area contributed by atoms with E-state index < -0.39 is 0 Å². The molecule has 0 N–H and O–H groups in total. The van der Waals surface area contributed by atoms with Crippen LogP contribution in [0.1, 0.15) is 36.4 Å². The van der Waals surface area contributed by atoms with Crippen LogP contribution in [0.25, 0.3) is 0 Å². The van der Waals surface area contributed by atoms with Gasteiger partial charge in [-0.2, -0.15) is 0 Å². The number of hydrogen-bond acceptors (Lipinski definition) is 6. The molecule has 134 valence electrons. The quantitative estimate of drug-likeness (QED) is 0.609. The monoisotopic (exact) mass is 351 g/mol. The lowest BCUT2D eigenvalue weighted by atomic mass is 9.86. The maximum atomic E-state index is 11.0. The number of benzene rings is 1. The van der Waals surface area contributed by atoms with Gasteiger partial charge in [-0.25, -0.2) is 9.97 Å². The van der Waals surface area contributed by atoms with Crippen LogP contribution in [-0.4, -0.2) is 45.0 Å². The summed E-state index contributed by atoms with van der Waals surface area (Å²) in [5.74, 6) is 1.69. The fourth-order valence-corrected chi connectivity index (χ4v) is 4.25. The number of nitro benzene ring substituents is 1. The van der Waals surface area contributed by atoms with Crippen LogP contribution in [0.15, 0.2) is 36.7 Å². The molecular weight excluding hydrogens is 330 g/mol. The number of piperazine rings is 1. The summed E-state index contributed by atoms with van der Waals surface area (Å²) >= 11 is 0. The summed E-state index contributed by atoms with van der Waals surface area (Å²) in [7, 11) is 0. The average molecular weight is 351 g/mol. The van der Waals surface area contributed by atoms with Crippen LogP contribution in [0.4, 0.5) is 11.5 Å². The summed E-state index contributed by atoms with van der Waals surface area (Å²) in [5, 5.41) is 11.0. The molecule has 7 heteroatoms. The molecule has 3 saturated heterocycles. The van der Waals surface area contributed by atoms with Crippen molar-refractivity contribution in [3.63, 3.8) is 0 Å². The lowest BCUT2D eigenvalue weighted by Gasteiger charge is -2.56. The van der Waals surface area contributed by atoms with Crippen molar-refractivity contribution in [2.75, 3.05) is 18.0 Å². The normalized spacial score (nSPS) is 25.0. The van der Waals surface area contributed by atoms with Crippen molar-refractivity contribution < 1.29 is 4.92 Å². The smallest absolute Gasteiger partial charge is 0.269 e. The van der Waals surface area contributed by atoms with Crippen LogP contribution < -0.4 is 4.90 Å². The molecular formula is C19H21N5O2. The van der Waals surface area contributed by atoms with Crippen molar-refractivity contribution in [3.05, 3.63) is 58.0 Å². The van der Waals surface area contributed by atoms with Crippen LogP contribution >= 0.6 is 0 Å². The molecule has 1 aromatic heterocycles. The molecule has 4 aliphatic rings. The van der Waals surface area contributed by atoms with Crippen molar-refractivity contribution >= 4 is 11.5 Å². The maximum Gasteiger partial charge on any atom is 0.269 e. The average Bonchev–Trinajstić information content (AvgIpc) is 3.52. The second kappa shape index (κ2) is 6.02. The first-order valence-electron chi connectivity index (χ1n) is 9.23. The molecule has 1 aliphatic carbocycles. The van der Waals surface area contributed by atoms with Gasteiger partial charge in [-0.3, -0.25) is 15.0 Å². The molecule has 0 radical (unpaired) electrons. The third-order valence-corrected chi connectivity index (χ3v) is 5.82. The Morgan fingerprint density at radius 1 is 1.15 bits per heavy atom. The first kappa shape index (κ1) is 15.7. The minimum atomic E-state index is -0.325. The highest BCUT2D eigenvalue weighted by Gasteiger charge is 2.44. The fourth-order valence-electron chi connectivity index (χ4n) is 4.25. The van der Waals surface area contributed by atoms with E-state index in [4.69, 9.17) is 0 Å². The molecule has 6 rings (SSSR count). The van der Waals surface area contributed by atoms with Gasteiger partial charge in [0, 0.05) is 61.5 Å². The Morgan fingerprint density at radius 3 is 2.69 bits per heavy atom. The van der Waals surface area contributed by atoms with E-state index >= 15 is 0 Å². The Balaban J connectivity index is 1.27. The van der Waals surface area contributed by atoms with Crippen molar-refractivity contribution in [3.8, 4) is 0 Å². The molecule has 4 heterocycles. The second-order valence-corrected chi connectivity index (χ2v) is 7.62. The molecule has 3 aliphatic heterocycles. The van der Waals surface area contributed by atoms with E-state index in [9.17, 15) is 10.1 Å². The standard InChI is InChI=1S/C19H21N5O2/c25-24(26)15-3-1-2-13(6-15)9-23-16-7-17(23)11-22(10-16)19-8-18(14-4-5-14)20-12-21-19/h1-3,6,8,12,14,16-17H,4-5,7,9-11H2. The molecule has 26 heavy (non-hydrogen) atoms. The zero-order chi connectivity index (χ0) is 17.7. The van der Waals surface area contributed by atoms with Crippen molar-refractivity contribution in [2.24, 2.45) is 0 Å². The van der Waals surface area contributed by atoms with Gasteiger partial charge >= 0.3 is 0 Å². The lowest BCUT2D eigenvalue weighted by Crippen LogP contribution is -2.68. The first-order valence-corrected chi connectivity index (χ1v) is 9.23. The molecule has 1 saturated carbocycles. The molecule has 0 spiro atoms. The number of rotatable bonds is 5. The Bertz CT molecular complexity index is 841. The van der Waals surface area contributed by atoms with E-state index in [1.54, 1.807) is 24.5 Å². The van der Waals surface area contributed by atoms with E-state index in [0.717, 1.165) is 31.0 Å². The van der Waals surface area contributed by atoms with Crippen molar-refractivity contribution in [2.45, 2.75) is 43.8 Å². The Labute approximate surface area is 151 Å². The summed E-state index contributed by atoms with van der Waals surface area (Å²) in [5.41, 5.74) is 2.37. The van der Waals surface area contributed by atoms with Gasteiger partial charge in [-0.1, -0.05) is 12.1 Å². The SMILES string of the molecule is O=[N+]([O-])c1cccc(CN2C3CC2CN(c2cc(C4CC4)ncn2)C3)c1. The van der Waals surface area contributed by atoms with Gasteiger partial charge in [-0.15, -0.1) is 0 Å². The molecule has 2 bridgehead atoms. The third-order valence-electron chi connectivity index (χ3n) is 5.82. The lowest BCUT2D eigenvalue weighted by molar-refractivity contribution is -0.384. The maximum absolute atomic E-state index is 11.0. The number of nitrogens with zero attached hydrogens (tertiary/aromatic N) is 5. The topological polar surface area (TPSA) is 75.4 Å². The van der Waals surface area contributed by atoms with Crippen LogP contribution in [0.3, 0.4) is 0 Å². The van der Waals surface area contributed by atoms with Gasteiger partial charge in [0.25, 0.3) is 5.69 Å². The van der Waals surface area contributed by atoms with Crippen LogP contribution in [0.2, 0.25) is 0 Å². The highest BCUT2D eigenvalue weighted by atomic mass is 16.6. The fraction of sp³-hybridized carbons (Fsp3) is 0.474. The van der Waals surface area contributed by atoms with Crippen LogP contribution in [0.5, 0.6) is 0 Å². The Kier molecular flexibility index (Phi) is 3.63. The molecule has 2 atom stereocenters. The number of aromatic nitrogens is 2. The second-order valence-electron chi connectivity index (χ2n) is 7.62. The van der Waals surface area contributed by atoms with Gasteiger partial charge in [-0.05, 0) is 24.8 Å². The van der Waals surface area contributed by atoms with Gasteiger partial charge in [0.15, 0.2) is 0 Å². The number of nitro groups is 1. The third kappa shape index (κ3) is 2.82. The molecule has 2 unspecified atom stereocenters. The molecule has 0 amide bonds. The summed E-state index contributed by atoms with van der Waals surface area (Å²) in [6.45, 7) is 2.71. The van der Waals surface area contributed by atoms with Gasteiger partial charge in [0.2, 0.25) is 0 Å². The van der Waals surface area contributed by atoms with E-state index in [1.165, 1.54) is 25.0 Å². The van der Waals surface area contributed by atoms with Crippen molar-refractivity contribution in [1.82, 2.24) is 14.9 Å². The predicted molar refractivity (Wildman–Crippen MR) is 97.1 cm³/mol. The summed E-state index contributed by atoms with van der Waals surface area (Å²) < 4.78 is 0. The summed E-state index contributed by atoms with van der Waals surface area (Å²) in [4.78, 5) is 24.4. The van der Waals surface area contributed by atoms with Crippen LogP contribution in [-0.2, 0) is 6.54 Å². The molecule has 7 nitrogen and oxygen atoms in total. The number of fused-ring (bicyclic) bond motifs is 2. The van der Waals surface area contributed by atoms with Crippen LogP contribution in [0, 0.1) is 10.1 Å².